The summed E-state index contributed by atoms with van der Waals surface area (Å²) in [4.78, 5) is 0. The number of benzene rings is 3. The molecule has 1 nitrogen and oxygen atoms in total. The van der Waals surface area contributed by atoms with Crippen LogP contribution < -0.4 is 5.32 Å². The van der Waals surface area contributed by atoms with E-state index in [4.69, 9.17) is 0 Å². The second-order valence-corrected chi connectivity index (χ2v) is 5.31. The Morgan fingerprint density at radius 1 is 0.900 bits per heavy atom. The molecular weight excluding hydrogens is 249 g/mol. The first-order chi connectivity index (χ1) is 9.79. The summed E-state index contributed by atoms with van der Waals surface area (Å²) in [5.74, 6) is -0.185. The summed E-state index contributed by atoms with van der Waals surface area (Å²) < 4.78 is 13.0. The van der Waals surface area contributed by atoms with E-state index in [-0.39, 0.29) is 11.9 Å². The summed E-state index contributed by atoms with van der Waals surface area (Å²) in [6.45, 7) is 0. The van der Waals surface area contributed by atoms with Crippen LogP contribution in [0.25, 0.3) is 10.8 Å². The Morgan fingerprint density at radius 2 is 1.60 bits per heavy atom. The van der Waals surface area contributed by atoms with Crippen LogP contribution in [0, 0.1) is 5.82 Å². The van der Waals surface area contributed by atoms with Gasteiger partial charge in [0.05, 0.1) is 6.04 Å². The van der Waals surface area contributed by atoms with Crippen LogP contribution in [0.1, 0.15) is 17.2 Å². The summed E-state index contributed by atoms with van der Waals surface area (Å²) in [5.41, 5.74) is 3.66. The topological polar surface area (TPSA) is 12.0 Å². The maximum Gasteiger partial charge on any atom is 0.123 e. The zero-order valence-corrected chi connectivity index (χ0v) is 10.9. The summed E-state index contributed by atoms with van der Waals surface area (Å²) in [5, 5.41) is 6.06. The molecule has 0 spiro atoms. The molecule has 0 radical (unpaired) electrons. The van der Waals surface area contributed by atoms with Gasteiger partial charge in [-0.05, 0) is 52.6 Å². The fourth-order valence-corrected chi connectivity index (χ4v) is 2.95. The van der Waals surface area contributed by atoms with E-state index in [0.717, 1.165) is 12.0 Å². The predicted molar refractivity (Wildman–Crippen MR) is 80.4 cm³/mol. The predicted octanol–water partition coefficient (Wildman–Crippen LogP) is 4.69. The van der Waals surface area contributed by atoms with E-state index < -0.39 is 0 Å². The third kappa shape index (κ3) is 1.85. The molecule has 0 saturated heterocycles. The standard InChI is InChI=1S/C18H14FN/c19-16-7-5-12(6-8-16)17-11-15-9-13-3-1-2-4-14(13)10-18(15)20-17/h1-10,17,20H,11H2. The van der Waals surface area contributed by atoms with Gasteiger partial charge in [-0.15, -0.1) is 0 Å². The van der Waals surface area contributed by atoms with Crippen molar-refractivity contribution in [1.29, 1.82) is 0 Å². The van der Waals surface area contributed by atoms with Crippen molar-refractivity contribution >= 4 is 16.5 Å². The van der Waals surface area contributed by atoms with Crippen molar-refractivity contribution in [3.63, 3.8) is 0 Å². The SMILES string of the molecule is Fc1ccc(C2Cc3cc4ccccc4cc3N2)cc1. The van der Waals surface area contributed by atoms with Crippen molar-refractivity contribution in [3.8, 4) is 0 Å². The van der Waals surface area contributed by atoms with Gasteiger partial charge in [-0.25, -0.2) is 4.39 Å². The third-order valence-electron chi connectivity index (χ3n) is 4.00. The normalized spacial score (nSPS) is 16.9. The first kappa shape index (κ1) is 11.5. The number of nitrogens with one attached hydrogen (secondary N) is 1. The molecular formula is C18H14FN. The van der Waals surface area contributed by atoms with E-state index >= 15 is 0 Å². The lowest BCUT2D eigenvalue weighted by molar-refractivity contribution is 0.626. The highest BCUT2D eigenvalue weighted by molar-refractivity contribution is 5.88. The third-order valence-corrected chi connectivity index (χ3v) is 4.00. The van der Waals surface area contributed by atoms with E-state index in [1.165, 1.54) is 34.2 Å². The quantitative estimate of drug-likeness (QED) is 0.671. The number of halogens is 1. The molecule has 0 aromatic heterocycles. The van der Waals surface area contributed by atoms with Crippen molar-refractivity contribution in [2.45, 2.75) is 12.5 Å². The van der Waals surface area contributed by atoms with Gasteiger partial charge < -0.3 is 5.32 Å². The minimum absolute atomic E-state index is 0.185. The number of anilines is 1. The maximum atomic E-state index is 13.0. The van der Waals surface area contributed by atoms with Gasteiger partial charge in [-0.2, -0.15) is 0 Å². The number of hydrogen-bond donors (Lipinski definition) is 1. The van der Waals surface area contributed by atoms with Crippen LogP contribution >= 0.6 is 0 Å². The molecule has 3 aromatic rings. The molecule has 2 heteroatoms. The minimum Gasteiger partial charge on any atom is -0.378 e. The lowest BCUT2D eigenvalue weighted by atomic mass is 10.0. The Bertz CT molecular complexity index is 733. The van der Waals surface area contributed by atoms with Crippen molar-refractivity contribution in [1.82, 2.24) is 0 Å². The van der Waals surface area contributed by atoms with Crippen LogP contribution in [-0.2, 0) is 6.42 Å². The molecule has 1 aliphatic heterocycles. The Balaban J connectivity index is 1.72. The molecule has 98 valence electrons. The van der Waals surface area contributed by atoms with Gasteiger partial charge in [0.2, 0.25) is 0 Å². The fraction of sp³-hybridized carbons (Fsp3) is 0.111. The summed E-state index contributed by atoms with van der Waals surface area (Å²) in [6.07, 6.45) is 0.950. The first-order valence-corrected chi connectivity index (χ1v) is 6.83. The molecule has 0 fully saturated rings. The van der Waals surface area contributed by atoms with Gasteiger partial charge in [-0.3, -0.25) is 0 Å². The molecule has 0 aliphatic carbocycles. The molecule has 1 unspecified atom stereocenters. The summed E-state index contributed by atoms with van der Waals surface area (Å²) in [6, 6.07) is 19.8. The highest BCUT2D eigenvalue weighted by Gasteiger charge is 2.22. The van der Waals surface area contributed by atoms with Crippen molar-refractivity contribution in [3.05, 3.63) is 77.6 Å². The Labute approximate surface area is 117 Å². The smallest absolute Gasteiger partial charge is 0.123 e. The largest absolute Gasteiger partial charge is 0.378 e. The zero-order valence-electron chi connectivity index (χ0n) is 10.9. The summed E-state index contributed by atoms with van der Waals surface area (Å²) >= 11 is 0. The molecule has 1 N–H and O–H groups in total. The van der Waals surface area contributed by atoms with E-state index in [1.54, 1.807) is 0 Å². The molecule has 0 bridgehead atoms. The molecule has 1 heterocycles. The van der Waals surface area contributed by atoms with Gasteiger partial charge in [0, 0.05) is 5.69 Å². The van der Waals surface area contributed by atoms with Crippen molar-refractivity contribution in [2.24, 2.45) is 0 Å². The van der Waals surface area contributed by atoms with Crippen LogP contribution in [0.4, 0.5) is 10.1 Å². The average Bonchev–Trinajstić information content (AvgIpc) is 2.88. The van der Waals surface area contributed by atoms with Gasteiger partial charge in [0.15, 0.2) is 0 Å². The van der Waals surface area contributed by atoms with E-state index in [0.29, 0.717) is 0 Å². The van der Waals surface area contributed by atoms with E-state index in [2.05, 4.69) is 41.7 Å². The molecule has 1 atom stereocenters. The summed E-state index contributed by atoms with van der Waals surface area (Å²) in [7, 11) is 0. The Morgan fingerprint density at radius 3 is 2.35 bits per heavy atom. The minimum atomic E-state index is -0.185. The van der Waals surface area contributed by atoms with Crippen LogP contribution in [0.3, 0.4) is 0 Å². The number of hydrogen-bond acceptors (Lipinski definition) is 1. The number of fused-ring (bicyclic) bond motifs is 2. The molecule has 0 saturated carbocycles. The van der Waals surface area contributed by atoms with Crippen LogP contribution in [0.2, 0.25) is 0 Å². The molecule has 1 aliphatic rings. The Kier molecular flexibility index (Phi) is 2.49. The van der Waals surface area contributed by atoms with Crippen LogP contribution in [-0.4, -0.2) is 0 Å². The van der Waals surface area contributed by atoms with Crippen molar-refractivity contribution < 1.29 is 4.39 Å². The van der Waals surface area contributed by atoms with Crippen molar-refractivity contribution in [2.75, 3.05) is 5.32 Å². The Hall–Kier alpha value is -2.35. The lowest BCUT2D eigenvalue weighted by Crippen LogP contribution is -2.05. The second kappa shape index (κ2) is 4.34. The number of rotatable bonds is 1. The van der Waals surface area contributed by atoms with Gasteiger partial charge in [0.25, 0.3) is 0 Å². The highest BCUT2D eigenvalue weighted by atomic mass is 19.1. The second-order valence-electron chi connectivity index (χ2n) is 5.31. The van der Waals surface area contributed by atoms with Gasteiger partial charge >= 0.3 is 0 Å². The fourth-order valence-electron chi connectivity index (χ4n) is 2.95. The first-order valence-electron chi connectivity index (χ1n) is 6.83. The van der Waals surface area contributed by atoms with Crippen LogP contribution in [0.15, 0.2) is 60.7 Å². The van der Waals surface area contributed by atoms with E-state index in [1.807, 2.05) is 12.1 Å². The van der Waals surface area contributed by atoms with Crippen LogP contribution in [0.5, 0.6) is 0 Å². The van der Waals surface area contributed by atoms with E-state index in [9.17, 15) is 4.39 Å². The van der Waals surface area contributed by atoms with Gasteiger partial charge in [0.1, 0.15) is 5.82 Å². The monoisotopic (exact) mass is 263 g/mol. The zero-order chi connectivity index (χ0) is 13.5. The molecule has 0 amide bonds. The highest BCUT2D eigenvalue weighted by Crippen LogP contribution is 2.36. The molecule has 4 rings (SSSR count). The van der Waals surface area contributed by atoms with Gasteiger partial charge in [-0.1, -0.05) is 36.4 Å². The average molecular weight is 263 g/mol. The molecule has 3 aromatic carbocycles. The molecule has 20 heavy (non-hydrogen) atoms. The lowest BCUT2D eigenvalue weighted by Gasteiger charge is -2.11. The maximum absolute atomic E-state index is 13.0.